The summed E-state index contributed by atoms with van der Waals surface area (Å²) in [5, 5.41) is 37.1. The second-order valence-electron chi connectivity index (χ2n) is 10.6. The number of nitrogens with zero attached hydrogens (tertiary/aromatic N) is 1. The van der Waals surface area contributed by atoms with Crippen LogP contribution in [-0.2, 0) is 4.79 Å². The maximum atomic E-state index is 13.5. The van der Waals surface area contributed by atoms with Gasteiger partial charge in [-0.1, -0.05) is 29.4 Å². The van der Waals surface area contributed by atoms with Gasteiger partial charge in [-0.2, -0.15) is 0 Å². The van der Waals surface area contributed by atoms with Gasteiger partial charge < -0.3 is 30.9 Å². The van der Waals surface area contributed by atoms with Crippen molar-refractivity contribution in [2.75, 3.05) is 16.8 Å². The van der Waals surface area contributed by atoms with Crippen LogP contribution in [-0.4, -0.2) is 39.2 Å². The minimum atomic E-state index is -0.367. The number of anilines is 3. The van der Waals surface area contributed by atoms with Crippen LogP contribution in [0.15, 0.2) is 53.6 Å². The number of fused-ring (bicyclic) bond motifs is 2. The molecule has 8 nitrogen and oxygen atoms in total. The summed E-state index contributed by atoms with van der Waals surface area (Å²) in [5.41, 5.74) is 3.03. The molecule has 0 saturated carbocycles. The van der Waals surface area contributed by atoms with Gasteiger partial charge >= 0.3 is 0 Å². The molecule has 1 aliphatic rings. The maximum absolute atomic E-state index is 13.5. The Hall–Kier alpha value is -3.94. The van der Waals surface area contributed by atoms with E-state index in [4.69, 9.17) is 0 Å². The van der Waals surface area contributed by atoms with Gasteiger partial charge in [0.2, 0.25) is 5.91 Å². The first-order valence-electron chi connectivity index (χ1n) is 12.9. The molecule has 1 atom stereocenters. The lowest BCUT2D eigenvalue weighted by Crippen LogP contribution is -2.44. The quantitative estimate of drug-likeness (QED) is 0.143. The van der Waals surface area contributed by atoms with E-state index in [9.17, 15) is 24.9 Å². The average molecular weight is 522 g/mol. The highest BCUT2D eigenvalue weighted by Gasteiger charge is 2.30. The number of phenolic OH excluding ortho intramolecular Hbond substituents is 3. The van der Waals surface area contributed by atoms with Gasteiger partial charge in [-0.25, -0.2) is 0 Å². The Labute approximate surface area is 224 Å². The number of para-hydroxylation sites is 1. The second-order valence-corrected chi connectivity index (χ2v) is 10.6. The second kappa shape index (κ2) is 12.1. The minimum Gasteiger partial charge on any atom is -0.508 e. The summed E-state index contributed by atoms with van der Waals surface area (Å²) in [4.78, 5) is 26.8. The molecule has 3 rings (SSSR count). The Morgan fingerprint density at radius 2 is 1.76 bits per heavy atom. The lowest BCUT2D eigenvalue weighted by molar-refractivity contribution is -0.120. The topological polar surface area (TPSA) is 122 Å². The molecule has 5 N–H and O–H groups in total. The van der Waals surface area contributed by atoms with Crippen LogP contribution in [0.4, 0.5) is 17.1 Å². The molecular weight excluding hydrogens is 482 g/mol. The summed E-state index contributed by atoms with van der Waals surface area (Å²) in [6, 6.07) is 7.25. The zero-order valence-electron chi connectivity index (χ0n) is 22.9. The number of aromatic hydroxyl groups is 3. The predicted octanol–water partition coefficient (Wildman–Crippen LogP) is 6.27. The zero-order valence-corrected chi connectivity index (χ0v) is 22.9. The van der Waals surface area contributed by atoms with Gasteiger partial charge in [0.15, 0.2) is 0 Å². The van der Waals surface area contributed by atoms with Gasteiger partial charge in [0.05, 0.1) is 16.9 Å². The van der Waals surface area contributed by atoms with Crippen molar-refractivity contribution in [2.24, 2.45) is 0 Å². The van der Waals surface area contributed by atoms with Crippen LogP contribution in [0.5, 0.6) is 17.2 Å². The third-order valence-corrected chi connectivity index (χ3v) is 6.79. The lowest BCUT2D eigenvalue weighted by atomic mass is 9.88. The first kappa shape index (κ1) is 28.6. The fourth-order valence-corrected chi connectivity index (χ4v) is 4.81. The van der Waals surface area contributed by atoms with E-state index in [0.29, 0.717) is 5.69 Å². The van der Waals surface area contributed by atoms with Gasteiger partial charge in [-0.05, 0) is 71.9 Å². The lowest BCUT2D eigenvalue weighted by Gasteiger charge is -2.30. The standard InChI is InChI=1S/C30H39N3O5/c1-19(2)9-7-14-30(5,32-21(4)34)15-8-10-20(3)13-16-33-24-17-22(35)18-26(37)28(24)31-27-23(29(33)38)11-6-12-25(27)36/h6,9,11-13,17-18,31,35-37H,7-8,10,14-16H2,1-5H3,(H,32,34)/b20-13+. The van der Waals surface area contributed by atoms with E-state index in [1.54, 1.807) is 19.1 Å². The zero-order chi connectivity index (χ0) is 28.0. The Kier molecular flexibility index (Phi) is 9.09. The highest BCUT2D eigenvalue weighted by molar-refractivity contribution is 6.15. The molecule has 0 aliphatic carbocycles. The van der Waals surface area contributed by atoms with Crippen LogP contribution in [0.1, 0.15) is 77.1 Å². The Morgan fingerprint density at radius 3 is 2.45 bits per heavy atom. The molecular formula is C30H39N3O5. The number of benzene rings is 2. The molecule has 2 amide bonds. The number of carbonyl (C=O) groups is 2. The summed E-state index contributed by atoms with van der Waals surface area (Å²) in [5.74, 6) is -0.938. The van der Waals surface area contributed by atoms with Crippen LogP contribution in [0.3, 0.4) is 0 Å². The van der Waals surface area contributed by atoms with Crippen LogP contribution in [0, 0.1) is 0 Å². The van der Waals surface area contributed by atoms with E-state index in [2.05, 4.69) is 37.5 Å². The van der Waals surface area contributed by atoms with Gasteiger partial charge in [0.25, 0.3) is 5.91 Å². The molecule has 0 saturated heterocycles. The minimum absolute atomic E-state index is 0.0401. The number of hydrogen-bond acceptors (Lipinski definition) is 6. The third-order valence-electron chi connectivity index (χ3n) is 6.79. The largest absolute Gasteiger partial charge is 0.508 e. The summed E-state index contributed by atoms with van der Waals surface area (Å²) in [6.45, 7) is 9.97. The van der Waals surface area contributed by atoms with Crippen molar-refractivity contribution in [2.45, 2.75) is 72.3 Å². The number of hydrogen-bond donors (Lipinski definition) is 5. The van der Waals surface area contributed by atoms with E-state index >= 15 is 0 Å². The summed E-state index contributed by atoms with van der Waals surface area (Å²) in [6.07, 6.45) is 8.35. The molecule has 204 valence electrons. The monoisotopic (exact) mass is 521 g/mol. The van der Waals surface area contributed by atoms with Crippen LogP contribution >= 0.6 is 0 Å². The summed E-state index contributed by atoms with van der Waals surface area (Å²) in [7, 11) is 0. The van der Waals surface area contributed by atoms with E-state index in [1.807, 2.05) is 13.0 Å². The van der Waals surface area contributed by atoms with Crippen molar-refractivity contribution in [3.63, 3.8) is 0 Å². The SMILES string of the molecule is CC(=O)NC(C)(CCC=C(C)C)CCC/C(C)=C/CN1C(=O)c2cccc(O)c2Nc2c(O)cc(O)cc21. The van der Waals surface area contributed by atoms with Crippen LogP contribution in [0.2, 0.25) is 0 Å². The van der Waals surface area contributed by atoms with Gasteiger partial charge in [0.1, 0.15) is 22.9 Å². The van der Waals surface area contributed by atoms with E-state index < -0.39 is 0 Å². The molecule has 2 aromatic carbocycles. The molecule has 0 fully saturated rings. The molecule has 8 heteroatoms. The number of allylic oxidation sites excluding steroid dienone is 3. The Morgan fingerprint density at radius 1 is 1.03 bits per heavy atom. The van der Waals surface area contributed by atoms with Crippen molar-refractivity contribution >= 4 is 28.9 Å². The molecule has 2 aromatic rings. The van der Waals surface area contributed by atoms with Crippen molar-refractivity contribution < 1.29 is 24.9 Å². The number of carbonyl (C=O) groups excluding carboxylic acids is 2. The molecule has 0 spiro atoms. The van der Waals surface area contributed by atoms with Crippen molar-refractivity contribution in [1.82, 2.24) is 5.32 Å². The van der Waals surface area contributed by atoms with Crippen LogP contribution < -0.4 is 15.5 Å². The molecule has 38 heavy (non-hydrogen) atoms. The maximum Gasteiger partial charge on any atom is 0.260 e. The Balaban J connectivity index is 1.77. The third kappa shape index (κ3) is 7.09. The number of nitrogens with one attached hydrogen (secondary N) is 2. The number of rotatable bonds is 10. The first-order valence-corrected chi connectivity index (χ1v) is 12.9. The Bertz CT molecular complexity index is 1260. The number of amides is 2. The van der Waals surface area contributed by atoms with Crippen molar-refractivity contribution in [3.05, 3.63) is 59.2 Å². The fourth-order valence-electron chi connectivity index (χ4n) is 4.81. The first-order chi connectivity index (χ1) is 17.9. The fraction of sp³-hybridized carbons (Fsp3) is 0.400. The summed E-state index contributed by atoms with van der Waals surface area (Å²) < 4.78 is 0. The van der Waals surface area contributed by atoms with Gasteiger partial charge in [-0.3, -0.25) is 9.59 Å². The van der Waals surface area contributed by atoms with E-state index in [0.717, 1.165) is 37.7 Å². The molecule has 1 aliphatic heterocycles. The predicted molar refractivity (Wildman–Crippen MR) is 151 cm³/mol. The van der Waals surface area contributed by atoms with Crippen molar-refractivity contribution in [3.8, 4) is 17.2 Å². The normalized spacial score (nSPS) is 14.5. The highest BCUT2D eigenvalue weighted by Crippen LogP contribution is 2.45. The number of phenols is 3. The average Bonchev–Trinajstić information content (AvgIpc) is 2.92. The van der Waals surface area contributed by atoms with Crippen molar-refractivity contribution in [1.29, 1.82) is 0 Å². The molecule has 1 unspecified atom stereocenters. The molecule has 1 heterocycles. The van der Waals surface area contributed by atoms with Gasteiger partial charge in [-0.15, -0.1) is 0 Å². The smallest absolute Gasteiger partial charge is 0.260 e. The molecule has 0 radical (unpaired) electrons. The van der Waals surface area contributed by atoms with E-state index in [1.165, 1.54) is 28.7 Å². The molecule has 0 bridgehead atoms. The summed E-state index contributed by atoms with van der Waals surface area (Å²) >= 11 is 0. The highest BCUT2D eigenvalue weighted by atomic mass is 16.3. The van der Waals surface area contributed by atoms with Gasteiger partial charge in [0, 0.05) is 31.1 Å². The van der Waals surface area contributed by atoms with E-state index in [-0.39, 0.29) is 58.1 Å². The van der Waals surface area contributed by atoms with Crippen LogP contribution in [0.25, 0.3) is 0 Å². The molecule has 0 aromatic heterocycles.